The molecule has 1 saturated heterocycles. The average molecular weight is 323 g/mol. The Labute approximate surface area is 134 Å². The maximum Gasteiger partial charge on any atom is 0.140 e. The standard InChI is InChI=1S/C16H19ClN2O3/c1-10-18-13-9-14(20-2)12(8-11(13)15(17)19-10)16(21-3)4-6-22-7-5-16/h8-9H,4-7H2,1-3H3. The van der Waals surface area contributed by atoms with Gasteiger partial charge in [0.1, 0.15) is 22.3 Å². The van der Waals surface area contributed by atoms with E-state index in [0.29, 0.717) is 24.2 Å². The van der Waals surface area contributed by atoms with Gasteiger partial charge in [-0.15, -0.1) is 0 Å². The van der Waals surface area contributed by atoms with Crippen molar-refractivity contribution in [3.05, 3.63) is 28.7 Å². The fourth-order valence-corrected chi connectivity index (χ4v) is 3.31. The number of methoxy groups -OCH3 is 2. The number of rotatable bonds is 3. The summed E-state index contributed by atoms with van der Waals surface area (Å²) < 4.78 is 16.9. The molecule has 6 heteroatoms. The van der Waals surface area contributed by atoms with Crippen LogP contribution in [0.2, 0.25) is 5.15 Å². The second kappa shape index (κ2) is 5.99. The summed E-state index contributed by atoms with van der Waals surface area (Å²) in [4.78, 5) is 8.68. The largest absolute Gasteiger partial charge is 0.496 e. The molecule has 0 saturated carbocycles. The first-order valence-electron chi connectivity index (χ1n) is 7.25. The van der Waals surface area contributed by atoms with Gasteiger partial charge >= 0.3 is 0 Å². The lowest BCUT2D eigenvalue weighted by atomic mass is 9.85. The quantitative estimate of drug-likeness (QED) is 0.812. The fourth-order valence-electron chi connectivity index (χ4n) is 3.04. The molecule has 0 spiro atoms. The van der Waals surface area contributed by atoms with E-state index >= 15 is 0 Å². The molecule has 1 aliphatic rings. The number of ether oxygens (including phenoxy) is 3. The zero-order valence-electron chi connectivity index (χ0n) is 13.0. The molecular formula is C16H19ClN2O3. The molecule has 0 radical (unpaired) electrons. The molecule has 3 rings (SSSR count). The van der Waals surface area contributed by atoms with Crippen molar-refractivity contribution in [2.45, 2.75) is 25.4 Å². The lowest BCUT2D eigenvalue weighted by molar-refractivity contribution is -0.0956. The van der Waals surface area contributed by atoms with Crippen molar-refractivity contribution in [3.8, 4) is 5.75 Å². The van der Waals surface area contributed by atoms with Crippen molar-refractivity contribution in [1.82, 2.24) is 9.97 Å². The van der Waals surface area contributed by atoms with Gasteiger partial charge in [0.25, 0.3) is 0 Å². The Bertz CT molecular complexity index is 699. The maximum atomic E-state index is 6.30. The Hall–Kier alpha value is -1.43. The van der Waals surface area contributed by atoms with Crippen molar-refractivity contribution in [2.24, 2.45) is 0 Å². The third-order valence-electron chi connectivity index (χ3n) is 4.26. The van der Waals surface area contributed by atoms with E-state index in [1.165, 1.54) is 0 Å². The number of aromatic nitrogens is 2. The van der Waals surface area contributed by atoms with Crippen molar-refractivity contribution < 1.29 is 14.2 Å². The normalized spacial score (nSPS) is 17.6. The number of halogens is 1. The Morgan fingerprint density at radius 3 is 2.55 bits per heavy atom. The first-order chi connectivity index (χ1) is 10.6. The van der Waals surface area contributed by atoms with Crippen LogP contribution < -0.4 is 4.74 Å². The number of hydrogen-bond donors (Lipinski definition) is 0. The van der Waals surface area contributed by atoms with Crippen LogP contribution in [-0.2, 0) is 15.1 Å². The first-order valence-corrected chi connectivity index (χ1v) is 7.63. The van der Waals surface area contributed by atoms with Gasteiger partial charge in [-0.25, -0.2) is 9.97 Å². The predicted molar refractivity (Wildman–Crippen MR) is 84.6 cm³/mol. The Kier molecular flexibility index (Phi) is 4.21. The number of benzene rings is 1. The van der Waals surface area contributed by atoms with Crippen LogP contribution in [-0.4, -0.2) is 37.4 Å². The van der Waals surface area contributed by atoms with Crippen LogP contribution in [0.5, 0.6) is 5.75 Å². The molecule has 1 aromatic heterocycles. The lowest BCUT2D eigenvalue weighted by Crippen LogP contribution is -2.36. The number of fused-ring (bicyclic) bond motifs is 1. The predicted octanol–water partition coefficient (Wildman–Crippen LogP) is 3.25. The molecule has 22 heavy (non-hydrogen) atoms. The van der Waals surface area contributed by atoms with Gasteiger partial charge in [0.05, 0.1) is 12.6 Å². The molecule has 0 aliphatic carbocycles. The maximum absolute atomic E-state index is 6.30. The Balaban J connectivity index is 2.23. The van der Waals surface area contributed by atoms with E-state index in [1.54, 1.807) is 14.2 Å². The van der Waals surface area contributed by atoms with Gasteiger partial charge in [-0.1, -0.05) is 11.6 Å². The average Bonchev–Trinajstić information content (AvgIpc) is 2.54. The monoisotopic (exact) mass is 322 g/mol. The third kappa shape index (κ3) is 2.53. The van der Waals surface area contributed by atoms with Crippen LogP contribution >= 0.6 is 11.6 Å². The summed E-state index contributed by atoms with van der Waals surface area (Å²) in [5.74, 6) is 1.39. The zero-order valence-corrected chi connectivity index (χ0v) is 13.7. The summed E-state index contributed by atoms with van der Waals surface area (Å²) in [7, 11) is 3.38. The van der Waals surface area contributed by atoms with E-state index in [1.807, 2.05) is 19.1 Å². The van der Waals surface area contributed by atoms with E-state index in [4.69, 9.17) is 25.8 Å². The van der Waals surface area contributed by atoms with Crippen LogP contribution in [0, 0.1) is 6.92 Å². The van der Waals surface area contributed by atoms with Crippen LogP contribution in [0.15, 0.2) is 12.1 Å². The molecule has 5 nitrogen and oxygen atoms in total. The lowest BCUT2D eigenvalue weighted by Gasteiger charge is -2.37. The highest BCUT2D eigenvalue weighted by molar-refractivity contribution is 6.34. The number of aryl methyl sites for hydroxylation is 1. The van der Waals surface area contributed by atoms with Gasteiger partial charge in [-0.3, -0.25) is 0 Å². The van der Waals surface area contributed by atoms with E-state index in [0.717, 1.165) is 35.1 Å². The summed E-state index contributed by atoms with van der Waals surface area (Å²) in [5, 5.41) is 1.26. The molecule has 0 bridgehead atoms. The van der Waals surface area contributed by atoms with Crippen LogP contribution in [0.1, 0.15) is 24.2 Å². The SMILES string of the molecule is COc1cc2nc(C)nc(Cl)c2cc1C1(OC)CCOCC1. The highest BCUT2D eigenvalue weighted by Crippen LogP contribution is 2.42. The zero-order chi connectivity index (χ0) is 15.7. The Morgan fingerprint density at radius 2 is 1.91 bits per heavy atom. The van der Waals surface area contributed by atoms with Crippen molar-refractivity contribution in [1.29, 1.82) is 0 Å². The molecule has 1 aromatic carbocycles. The molecule has 2 heterocycles. The van der Waals surface area contributed by atoms with Crippen LogP contribution in [0.25, 0.3) is 10.9 Å². The number of hydrogen-bond acceptors (Lipinski definition) is 5. The minimum Gasteiger partial charge on any atom is -0.496 e. The van der Waals surface area contributed by atoms with Gasteiger partial charge < -0.3 is 14.2 Å². The van der Waals surface area contributed by atoms with E-state index < -0.39 is 5.60 Å². The molecule has 0 unspecified atom stereocenters. The van der Waals surface area contributed by atoms with Crippen molar-refractivity contribution >= 4 is 22.5 Å². The highest BCUT2D eigenvalue weighted by atomic mass is 35.5. The van der Waals surface area contributed by atoms with Crippen LogP contribution in [0.4, 0.5) is 0 Å². The molecule has 1 fully saturated rings. The van der Waals surface area contributed by atoms with Crippen molar-refractivity contribution in [2.75, 3.05) is 27.4 Å². The van der Waals surface area contributed by atoms with E-state index in [9.17, 15) is 0 Å². The minimum absolute atomic E-state index is 0.425. The first kappa shape index (κ1) is 15.5. The van der Waals surface area contributed by atoms with Gasteiger partial charge in [0, 0.05) is 50.2 Å². The molecule has 0 amide bonds. The molecule has 2 aromatic rings. The van der Waals surface area contributed by atoms with Gasteiger partial charge in [0.15, 0.2) is 0 Å². The smallest absolute Gasteiger partial charge is 0.140 e. The van der Waals surface area contributed by atoms with E-state index in [2.05, 4.69) is 9.97 Å². The topological polar surface area (TPSA) is 53.5 Å². The summed E-state index contributed by atoms with van der Waals surface area (Å²) >= 11 is 6.30. The molecule has 0 N–H and O–H groups in total. The molecular weight excluding hydrogens is 304 g/mol. The highest BCUT2D eigenvalue weighted by Gasteiger charge is 2.37. The molecule has 118 valence electrons. The minimum atomic E-state index is -0.425. The van der Waals surface area contributed by atoms with Gasteiger partial charge in [0.2, 0.25) is 0 Å². The molecule has 1 aliphatic heterocycles. The van der Waals surface area contributed by atoms with Crippen molar-refractivity contribution in [3.63, 3.8) is 0 Å². The number of nitrogens with zero attached hydrogens (tertiary/aromatic N) is 2. The third-order valence-corrected chi connectivity index (χ3v) is 4.55. The summed E-state index contributed by atoms with van der Waals surface area (Å²) in [6.45, 7) is 3.14. The van der Waals surface area contributed by atoms with Gasteiger partial charge in [-0.2, -0.15) is 0 Å². The second-order valence-corrected chi connectivity index (χ2v) is 5.80. The summed E-state index contributed by atoms with van der Waals surface area (Å²) in [5.41, 5.74) is 1.32. The van der Waals surface area contributed by atoms with E-state index in [-0.39, 0.29) is 0 Å². The summed E-state index contributed by atoms with van der Waals surface area (Å²) in [6.07, 6.45) is 1.55. The Morgan fingerprint density at radius 1 is 1.18 bits per heavy atom. The fraction of sp³-hybridized carbons (Fsp3) is 0.500. The summed E-state index contributed by atoms with van der Waals surface area (Å²) in [6, 6.07) is 3.90. The molecule has 0 atom stereocenters. The second-order valence-electron chi connectivity index (χ2n) is 5.44. The van der Waals surface area contributed by atoms with Crippen LogP contribution in [0.3, 0.4) is 0 Å². The van der Waals surface area contributed by atoms with Gasteiger partial charge in [-0.05, 0) is 13.0 Å².